The largest absolute Gasteiger partial charge is 0.384 e. The average Bonchev–Trinajstić information content (AvgIpc) is 2.36. The number of para-hydroxylation sites is 1. The fourth-order valence-electron chi connectivity index (χ4n) is 1.54. The van der Waals surface area contributed by atoms with Crippen LogP contribution in [0.1, 0.15) is 12.7 Å². The molecule has 0 radical (unpaired) electrons. The smallest absolute Gasteiger partial charge is 0.258 e. The minimum atomic E-state index is -1.09. The maximum atomic E-state index is 11.7. The van der Waals surface area contributed by atoms with Crippen molar-refractivity contribution < 1.29 is 9.90 Å². The van der Waals surface area contributed by atoms with Crippen LogP contribution in [-0.4, -0.2) is 27.1 Å². The summed E-state index contributed by atoms with van der Waals surface area (Å²) in [7, 11) is 0. The number of aliphatic hydroxyl groups is 1. The maximum absolute atomic E-state index is 11.7. The molecule has 0 saturated carbocycles. The summed E-state index contributed by atoms with van der Waals surface area (Å²) in [6.45, 7) is 1.44. The minimum Gasteiger partial charge on any atom is -0.384 e. The van der Waals surface area contributed by atoms with Crippen LogP contribution in [0.15, 0.2) is 29.1 Å². The Labute approximate surface area is 103 Å². The highest BCUT2D eigenvalue weighted by molar-refractivity contribution is 5.80. The molecular formula is C12H13N3O3. The van der Waals surface area contributed by atoms with E-state index in [4.69, 9.17) is 5.11 Å². The van der Waals surface area contributed by atoms with Crippen molar-refractivity contribution in [1.82, 2.24) is 15.3 Å². The number of fused-ring (bicyclic) bond motifs is 1. The molecule has 1 unspecified atom stereocenters. The van der Waals surface area contributed by atoms with Crippen LogP contribution >= 0.6 is 0 Å². The first kappa shape index (κ1) is 12.3. The van der Waals surface area contributed by atoms with Crippen molar-refractivity contribution in [1.29, 1.82) is 0 Å². The molecule has 1 aromatic carbocycles. The fourth-order valence-corrected chi connectivity index (χ4v) is 1.54. The van der Waals surface area contributed by atoms with E-state index in [-0.39, 0.29) is 12.1 Å². The molecule has 0 bridgehead atoms. The quantitative estimate of drug-likeness (QED) is 0.707. The lowest BCUT2D eigenvalue weighted by atomic mass is 10.2. The molecule has 1 amide bonds. The number of hydrogen-bond acceptors (Lipinski definition) is 4. The number of carbonyl (C=O) groups excluding carboxylic acids is 1. The van der Waals surface area contributed by atoms with E-state index in [0.29, 0.717) is 16.7 Å². The zero-order valence-corrected chi connectivity index (χ0v) is 9.80. The molecule has 0 aliphatic heterocycles. The first-order chi connectivity index (χ1) is 8.58. The number of hydrogen-bond donors (Lipinski definition) is 3. The Morgan fingerprint density at radius 3 is 2.94 bits per heavy atom. The molecule has 1 atom stereocenters. The number of amides is 1. The molecule has 0 aliphatic carbocycles. The zero-order chi connectivity index (χ0) is 13.1. The molecule has 2 rings (SSSR count). The van der Waals surface area contributed by atoms with Crippen LogP contribution in [0.4, 0.5) is 0 Å². The third-order valence-corrected chi connectivity index (χ3v) is 2.47. The number of H-pyrrole nitrogens is 1. The Morgan fingerprint density at radius 1 is 1.50 bits per heavy atom. The number of rotatable bonds is 3. The summed E-state index contributed by atoms with van der Waals surface area (Å²) in [5, 5.41) is 12.0. The van der Waals surface area contributed by atoms with E-state index in [1.807, 2.05) is 0 Å². The Bertz CT molecular complexity index is 634. The lowest BCUT2D eigenvalue weighted by molar-refractivity contribution is -0.128. The van der Waals surface area contributed by atoms with Gasteiger partial charge in [-0.2, -0.15) is 0 Å². The number of aromatic nitrogens is 2. The molecule has 0 spiro atoms. The predicted molar refractivity (Wildman–Crippen MR) is 65.9 cm³/mol. The maximum Gasteiger partial charge on any atom is 0.258 e. The first-order valence-corrected chi connectivity index (χ1v) is 5.51. The third-order valence-electron chi connectivity index (χ3n) is 2.47. The van der Waals surface area contributed by atoms with Gasteiger partial charge in [0.2, 0.25) is 5.91 Å². The van der Waals surface area contributed by atoms with E-state index in [2.05, 4.69) is 15.3 Å². The highest BCUT2D eigenvalue weighted by Gasteiger charge is 2.09. The van der Waals surface area contributed by atoms with Gasteiger partial charge in [0.05, 0.1) is 17.4 Å². The standard InChI is InChI=1S/C12H13N3O3/c1-7(16)11(17)13-6-10-14-9-5-3-2-4-8(9)12(18)15-10/h2-5,7,16H,6H2,1H3,(H,13,17)(H,14,15,18). The molecule has 3 N–H and O–H groups in total. The zero-order valence-electron chi connectivity index (χ0n) is 9.80. The molecule has 2 aromatic rings. The summed E-state index contributed by atoms with van der Waals surface area (Å²) in [6, 6.07) is 6.95. The molecule has 94 valence electrons. The van der Waals surface area contributed by atoms with Gasteiger partial charge in [-0.15, -0.1) is 0 Å². The van der Waals surface area contributed by atoms with Crippen molar-refractivity contribution in [2.24, 2.45) is 0 Å². The number of aromatic amines is 1. The van der Waals surface area contributed by atoms with Gasteiger partial charge >= 0.3 is 0 Å². The number of nitrogens with zero attached hydrogens (tertiary/aromatic N) is 1. The van der Waals surface area contributed by atoms with Crippen molar-refractivity contribution in [3.63, 3.8) is 0 Å². The highest BCUT2D eigenvalue weighted by atomic mass is 16.3. The summed E-state index contributed by atoms with van der Waals surface area (Å²) in [6.07, 6.45) is -1.09. The minimum absolute atomic E-state index is 0.0732. The van der Waals surface area contributed by atoms with E-state index >= 15 is 0 Å². The second-order valence-electron chi connectivity index (χ2n) is 3.92. The van der Waals surface area contributed by atoms with Gasteiger partial charge in [0.25, 0.3) is 5.56 Å². The molecule has 0 aliphatic rings. The van der Waals surface area contributed by atoms with Crippen molar-refractivity contribution >= 4 is 16.8 Å². The predicted octanol–water partition coefficient (Wildman–Crippen LogP) is -0.0799. The first-order valence-electron chi connectivity index (χ1n) is 5.51. The summed E-state index contributed by atoms with van der Waals surface area (Å²) in [5.74, 6) is -0.154. The molecule has 1 aromatic heterocycles. The Balaban J connectivity index is 2.25. The van der Waals surface area contributed by atoms with E-state index in [1.165, 1.54) is 6.92 Å². The van der Waals surface area contributed by atoms with Crippen LogP contribution in [0.5, 0.6) is 0 Å². The summed E-state index contributed by atoms with van der Waals surface area (Å²) in [4.78, 5) is 29.7. The lowest BCUT2D eigenvalue weighted by Gasteiger charge is -2.07. The second-order valence-corrected chi connectivity index (χ2v) is 3.92. The molecular weight excluding hydrogens is 234 g/mol. The third kappa shape index (κ3) is 2.54. The summed E-state index contributed by atoms with van der Waals surface area (Å²) in [5.41, 5.74) is 0.324. The molecule has 1 heterocycles. The van der Waals surface area contributed by atoms with E-state index in [1.54, 1.807) is 24.3 Å². The van der Waals surface area contributed by atoms with E-state index < -0.39 is 12.0 Å². The number of carbonyl (C=O) groups is 1. The van der Waals surface area contributed by atoms with Crippen LogP contribution < -0.4 is 10.9 Å². The van der Waals surface area contributed by atoms with Gasteiger partial charge in [0.1, 0.15) is 11.9 Å². The lowest BCUT2D eigenvalue weighted by Crippen LogP contribution is -2.33. The van der Waals surface area contributed by atoms with Gasteiger partial charge in [0.15, 0.2) is 0 Å². The number of nitrogens with one attached hydrogen (secondary N) is 2. The van der Waals surface area contributed by atoms with Crippen molar-refractivity contribution in [3.05, 3.63) is 40.4 Å². The van der Waals surface area contributed by atoms with Crippen LogP contribution in [0.3, 0.4) is 0 Å². The Hall–Kier alpha value is -2.21. The van der Waals surface area contributed by atoms with Crippen LogP contribution in [0, 0.1) is 0 Å². The highest BCUT2D eigenvalue weighted by Crippen LogP contribution is 2.05. The van der Waals surface area contributed by atoms with Gasteiger partial charge in [-0.25, -0.2) is 4.98 Å². The van der Waals surface area contributed by atoms with Crippen molar-refractivity contribution in [2.75, 3.05) is 0 Å². The molecule has 0 fully saturated rings. The normalized spacial score (nSPS) is 12.3. The molecule has 6 nitrogen and oxygen atoms in total. The Kier molecular flexibility index (Phi) is 3.38. The molecule has 6 heteroatoms. The molecule has 18 heavy (non-hydrogen) atoms. The average molecular weight is 247 g/mol. The second kappa shape index (κ2) is 4.97. The van der Waals surface area contributed by atoms with E-state index in [0.717, 1.165) is 0 Å². The summed E-state index contributed by atoms with van der Waals surface area (Å²) >= 11 is 0. The fraction of sp³-hybridized carbons (Fsp3) is 0.250. The monoisotopic (exact) mass is 247 g/mol. The van der Waals surface area contributed by atoms with Gasteiger partial charge in [0, 0.05) is 0 Å². The Morgan fingerprint density at radius 2 is 2.22 bits per heavy atom. The van der Waals surface area contributed by atoms with Crippen molar-refractivity contribution in [3.8, 4) is 0 Å². The van der Waals surface area contributed by atoms with Crippen molar-refractivity contribution in [2.45, 2.75) is 19.6 Å². The number of benzene rings is 1. The van der Waals surface area contributed by atoms with Gasteiger partial charge in [-0.05, 0) is 19.1 Å². The van der Waals surface area contributed by atoms with Crippen LogP contribution in [-0.2, 0) is 11.3 Å². The van der Waals surface area contributed by atoms with Crippen LogP contribution in [0.2, 0.25) is 0 Å². The van der Waals surface area contributed by atoms with E-state index in [9.17, 15) is 9.59 Å². The SMILES string of the molecule is CC(O)C(=O)NCc1nc2ccccc2c(=O)[nH]1. The van der Waals surface area contributed by atoms with Gasteiger partial charge in [-0.1, -0.05) is 12.1 Å². The number of aliphatic hydroxyl groups excluding tert-OH is 1. The topological polar surface area (TPSA) is 95.1 Å². The summed E-state index contributed by atoms with van der Waals surface area (Å²) < 4.78 is 0. The van der Waals surface area contributed by atoms with Crippen LogP contribution in [0.25, 0.3) is 10.9 Å². The van der Waals surface area contributed by atoms with Gasteiger partial charge < -0.3 is 15.4 Å². The molecule has 0 saturated heterocycles. The van der Waals surface area contributed by atoms with Gasteiger partial charge in [-0.3, -0.25) is 9.59 Å².